The van der Waals surface area contributed by atoms with Crippen LogP contribution in [0.2, 0.25) is 0 Å². The molecule has 0 saturated carbocycles. The molecule has 0 amide bonds. The average Bonchev–Trinajstić information content (AvgIpc) is 2.46. The Morgan fingerprint density at radius 2 is 1.65 bits per heavy atom. The molecule has 2 rings (SSSR count). The van der Waals surface area contributed by atoms with E-state index in [2.05, 4.69) is 3.77 Å². The van der Waals surface area contributed by atoms with Crippen LogP contribution >= 0.6 is 11.6 Å². The minimum atomic E-state index is -3.68. The number of benzene rings is 2. The predicted octanol–water partition coefficient (Wildman–Crippen LogP) is 3.74. The molecule has 0 heterocycles. The highest BCUT2D eigenvalue weighted by molar-refractivity contribution is 8.00. The van der Waals surface area contributed by atoms with Gasteiger partial charge in [0.05, 0.1) is 10.1 Å². The molecule has 0 aliphatic rings. The van der Waals surface area contributed by atoms with Crippen molar-refractivity contribution in [3.8, 4) is 0 Å². The van der Waals surface area contributed by atoms with Crippen molar-refractivity contribution in [3.05, 3.63) is 60.2 Å². The topological polar surface area (TPSA) is 46.5 Å². The van der Waals surface area contributed by atoms with Gasteiger partial charge in [0.2, 0.25) is 0 Å². The van der Waals surface area contributed by atoms with Crippen molar-refractivity contribution in [1.82, 2.24) is 0 Å². The molecule has 0 N–H and O–H groups in total. The molecular formula is C14H14ClNO2S2. The van der Waals surface area contributed by atoms with Crippen LogP contribution in [-0.4, -0.2) is 13.6 Å². The molecule has 2 aromatic carbocycles. The first kappa shape index (κ1) is 15.2. The van der Waals surface area contributed by atoms with Gasteiger partial charge in [-0.1, -0.05) is 35.9 Å². The first-order chi connectivity index (χ1) is 9.53. The van der Waals surface area contributed by atoms with E-state index in [9.17, 15) is 8.42 Å². The zero-order valence-corrected chi connectivity index (χ0v) is 13.3. The van der Waals surface area contributed by atoms with Gasteiger partial charge in [0.25, 0.3) is 10.0 Å². The number of rotatable bonds is 4. The Hall–Kier alpha value is -1.17. The molecule has 2 aromatic rings. The molecule has 20 heavy (non-hydrogen) atoms. The van der Waals surface area contributed by atoms with Crippen LogP contribution < -0.4 is 0 Å². The number of aryl methyl sites for hydroxylation is 1. The zero-order chi connectivity index (χ0) is 14.6. The average molecular weight is 328 g/mol. The van der Waals surface area contributed by atoms with E-state index in [1.807, 2.05) is 37.3 Å². The maximum Gasteiger partial charge on any atom is 0.288 e. The molecule has 1 unspecified atom stereocenters. The van der Waals surface area contributed by atoms with Gasteiger partial charge in [0.15, 0.2) is 0 Å². The highest BCUT2D eigenvalue weighted by atomic mass is 35.5. The zero-order valence-electron chi connectivity index (χ0n) is 10.9. The standard InChI is InChI=1S/C14H14ClNO2S2/c1-12-7-9-14(10-8-12)20(17,18)16-19(11-15)13-5-3-2-4-6-13/h2-10H,11H2,1H3. The lowest BCUT2D eigenvalue weighted by Gasteiger charge is -2.05. The summed E-state index contributed by atoms with van der Waals surface area (Å²) in [6, 6.07) is 15.9. The van der Waals surface area contributed by atoms with Gasteiger partial charge in [0, 0.05) is 4.90 Å². The first-order valence-corrected chi connectivity index (χ1v) is 9.22. The van der Waals surface area contributed by atoms with Gasteiger partial charge in [-0.15, -0.1) is 15.4 Å². The van der Waals surface area contributed by atoms with Gasteiger partial charge in [-0.25, -0.2) is 0 Å². The fraction of sp³-hybridized carbons (Fsp3) is 0.143. The van der Waals surface area contributed by atoms with Crippen molar-refractivity contribution in [3.63, 3.8) is 0 Å². The van der Waals surface area contributed by atoms with Crippen LogP contribution in [0.5, 0.6) is 0 Å². The number of alkyl halides is 1. The molecule has 1 atom stereocenters. The van der Waals surface area contributed by atoms with Crippen LogP contribution in [0.1, 0.15) is 5.56 Å². The maximum absolute atomic E-state index is 12.3. The molecule has 0 aromatic heterocycles. The summed E-state index contributed by atoms with van der Waals surface area (Å²) in [5, 5.41) is 0.148. The molecule has 0 bridgehead atoms. The minimum Gasteiger partial charge on any atom is -0.199 e. The fourth-order valence-corrected chi connectivity index (χ4v) is 5.18. The summed E-state index contributed by atoms with van der Waals surface area (Å²) >= 11 is 5.87. The summed E-state index contributed by atoms with van der Waals surface area (Å²) in [4.78, 5) is 1.01. The Bertz CT molecular complexity index is 711. The van der Waals surface area contributed by atoms with E-state index in [-0.39, 0.29) is 10.1 Å². The Labute approximate surface area is 126 Å². The van der Waals surface area contributed by atoms with E-state index in [4.69, 9.17) is 11.6 Å². The van der Waals surface area contributed by atoms with Crippen molar-refractivity contribution < 1.29 is 8.42 Å². The molecule has 0 aliphatic carbocycles. The summed E-state index contributed by atoms with van der Waals surface area (Å²) in [5.74, 6) is 0. The Morgan fingerprint density at radius 1 is 1.05 bits per heavy atom. The molecule has 0 radical (unpaired) electrons. The third-order valence-electron chi connectivity index (χ3n) is 2.63. The Morgan fingerprint density at radius 3 is 2.20 bits per heavy atom. The molecule has 6 heteroatoms. The number of halogens is 1. The quantitative estimate of drug-likeness (QED) is 0.803. The third-order valence-corrected chi connectivity index (χ3v) is 6.64. The SMILES string of the molecule is Cc1ccc(S(=O)(=O)/N=S(/CCl)c2ccccc2)cc1. The summed E-state index contributed by atoms with van der Waals surface area (Å²) in [6.07, 6.45) is 0. The summed E-state index contributed by atoms with van der Waals surface area (Å²) in [6.45, 7) is 1.90. The second kappa shape index (κ2) is 6.52. The van der Waals surface area contributed by atoms with Gasteiger partial charge in [-0.05, 0) is 41.9 Å². The van der Waals surface area contributed by atoms with E-state index in [0.29, 0.717) is 0 Å². The summed E-state index contributed by atoms with van der Waals surface area (Å²) < 4.78 is 28.5. The van der Waals surface area contributed by atoms with Crippen LogP contribution in [0.15, 0.2) is 68.2 Å². The normalized spacial score (nSPS) is 13.3. The molecule has 0 saturated heterocycles. The number of sulfonamides is 1. The van der Waals surface area contributed by atoms with Crippen molar-refractivity contribution in [2.45, 2.75) is 16.7 Å². The van der Waals surface area contributed by atoms with E-state index in [1.54, 1.807) is 24.3 Å². The van der Waals surface area contributed by atoms with E-state index in [0.717, 1.165) is 10.5 Å². The van der Waals surface area contributed by atoms with Crippen LogP contribution in [0.25, 0.3) is 0 Å². The second-order valence-electron chi connectivity index (χ2n) is 4.15. The molecule has 0 fully saturated rings. The van der Waals surface area contributed by atoms with Crippen molar-refractivity contribution in [2.75, 3.05) is 5.21 Å². The second-order valence-corrected chi connectivity index (χ2v) is 8.24. The summed E-state index contributed by atoms with van der Waals surface area (Å²) in [7, 11) is -4.55. The monoisotopic (exact) mass is 327 g/mol. The van der Waals surface area contributed by atoms with Gasteiger partial charge < -0.3 is 0 Å². The van der Waals surface area contributed by atoms with E-state index in [1.165, 1.54) is 0 Å². The molecule has 0 spiro atoms. The Kier molecular flexibility index (Phi) is 4.96. The van der Waals surface area contributed by atoms with E-state index < -0.39 is 20.7 Å². The maximum atomic E-state index is 12.3. The van der Waals surface area contributed by atoms with Gasteiger partial charge >= 0.3 is 0 Å². The highest BCUT2D eigenvalue weighted by Crippen LogP contribution is 2.18. The largest absolute Gasteiger partial charge is 0.288 e. The lowest BCUT2D eigenvalue weighted by molar-refractivity contribution is 0.598. The van der Waals surface area contributed by atoms with Crippen LogP contribution in [0, 0.1) is 6.92 Å². The smallest absolute Gasteiger partial charge is 0.199 e. The molecular weight excluding hydrogens is 314 g/mol. The number of hydrogen-bond donors (Lipinski definition) is 0. The first-order valence-electron chi connectivity index (χ1n) is 5.89. The fourth-order valence-electron chi connectivity index (χ4n) is 1.58. The van der Waals surface area contributed by atoms with Gasteiger partial charge in [-0.3, -0.25) is 0 Å². The van der Waals surface area contributed by atoms with Gasteiger partial charge in [-0.2, -0.15) is 8.42 Å². The summed E-state index contributed by atoms with van der Waals surface area (Å²) in [5.41, 5.74) is 1.00. The predicted molar refractivity (Wildman–Crippen MR) is 83.6 cm³/mol. The lowest BCUT2D eigenvalue weighted by atomic mass is 10.2. The third kappa shape index (κ3) is 3.69. The molecule has 106 valence electrons. The van der Waals surface area contributed by atoms with Crippen LogP contribution in [0.3, 0.4) is 0 Å². The molecule has 3 nitrogen and oxygen atoms in total. The lowest BCUT2D eigenvalue weighted by Crippen LogP contribution is -2.01. The van der Waals surface area contributed by atoms with Gasteiger partial charge in [0.1, 0.15) is 0 Å². The molecule has 0 aliphatic heterocycles. The van der Waals surface area contributed by atoms with Crippen LogP contribution in [0.4, 0.5) is 0 Å². The Balaban J connectivity index is 2.43. The number of hydrogen-bond acceptors (Lipinski definition) is 2. The van der Waals surface area contributed by atoms with Crippen molar-refractivity contribution in [1.29, 1.82) is 0 Å². The minimum absolute atomic E-state index is 0.148. The number of nitrogens with zero attached hydrogens (tertiary/aromatic N) is 1. The highest BCUT2D eigenvalue weighted by Gasteiger charge is 2.14. The van der Waals surface area contributed by atoms with Crippen molar-refractivity contribution in [2.24, 2.45) is 3.77 Å². The van der Waals surface area contributed by atoms with E-state index >= 15 is 0 Å². The van der Waals surface area contributed by atoms with Crippen molar-refractivity contribution >= 4 is 32.3 Å². The van der Waals surface area contributed by atoms with Crippen LogP contribution in [-0.2, 0) is 20.7 Å².